The highest BCUT2D eigenvalue weighted by atomic mass is 32.2. The molecule has 2 aromatic carbocycles. The van der Waals surface area contributed by atoms with Gasteiger partial charge in [-0.15, -0.1) is 0 Å². The minimum atomic E-state index is -4.95. The molecule has 0 spiro atoms. The quantitative estimate of drug-likeness (QED) is 0.560. The first kappa shape index (κ1) is 24.0. The molecule has 0 aliphatic carbocycles. The lowest BCUT2D eigenvalue weighted by Gasteiger charge is -2.13. The van der Waals surface area contributed by atoms with E-state index in [-0.39, 0.29) is 5.56 Å². The number of anilines is 1. The van der Waals surface area contributed by atoms with Crippen LogP contribution >= 0.6 is 0 Å². The summed E-state index contributed by atoms with van der Waals surface area (Å²) in [5.41, 5.74) is -3.19. The Bertz CT molecular complexity index is 1100. The highest BCUT2D eigenvalue weighted by molar-refractivity contribution is 7.92. The number of carbonyl (C=O) groups excluding carboxylic acids is 1. The summed E-state index contributed by atoms with van der Waals surface area (Å²) in [5, 5.41) is 10.5. The Labute approximate surface area is 170 Å². The third-order valence-corrected chi connectivity index (χ3v) is 5.03. The molecule has 1 amide bonds. The Balaban J connectivity index is 2.28. The molecule has 14 heteroatoms. The Morgan fingerprint density at radius 2 is 1.48 bits per heavy atom. The van der Waals surface area contributed by atoms with Gasteiger partial charge in [0.1, 0.15) is 6.54 Å². The van der Waals surface area contributed by atoms with Gasteiger partial charge in [0.15, 0.2) is 0 Å². The maximum atomic E-state index is 12.9. The Hall–Kier alpha value is -3.29. The minimum absolute atomic E-state index is 0.296. The van der Waals surface area contributed by atoms with Crippen LogP contribution in [-0.2, 0) is 16.2 Å². The van der Waals surface area contributed by atoms with Crippen LogP contribution in [0.5, 0.6) is 0 Å². The number of carboxylic acid groups (broad SMARTS) is 1. The number of hydrogen-bond acceptors (Lipinski definition) is 4. The van der Waals surface area contributed by atoms with E-state index in [2.05, 4.69) is 0 Å². The normalized spacial score (nSPS) is 12.3. The second-order valence-electron chi connectivity index (χ2n) is 6.03. The summed E-state index contributed by atoms with van der Waals surface area (Å²) in [4.78, 5) is 22.1. The summed E-state index contributed by atoms with van der Waals surface area (Å²) in [6, 6.07) is 4.88. The van der Waals surface area contributed by atoms with Gasteiger partial charge >= 0.3 is 18.3 Å². The molecule has 2 rings (SSSR count). The third kappa shape index (κ3) is 6.60. The Morgan fingerprint density at radius 3 is 1.97 bits per heavy atom. The van der Waals surface area contributed by atoms with Gasteiger partial charge in [0.2, 0.25) is 0 Å². The van der Waals surface area contributed by atoms with E-state index in [0.29, 0.717) is 18.2 Å². The number of hydrogen-bond donors (Lipinski definition) is 3. The van der Waals surface area contributed by atoms with Crippen LogP contribution in [0.15, 0.2) is 47.4 Å². The van der Waals surface area contributed by atoms with Crippen molar-refractivity contribution in [2.45, 2.75) is 17.2 Å². The largest absolute Gasteiger partial charge is 0.478 e. The predicted molar refractivity (Wildman–Crippen MR) is 94.0 cm³/mol. The van der Waals surface area contributed by atoms with E-state index in [9.17, 15) is 44.3 Å². The van der Waals surface area contributed by atoms with Gasteiger partial charge in [0, 0.05) is 5.56 Å². The molecule has 0 bridgehead atoms. The van der Waals surface area contributed by atoms with Gasteiger partial charge in [-0.05, 0) is 42.5 Å². The summed E-state index contributed by atoms with van der Waals surface area (Å²) < 4.78 is 102. The van der Waals surface area contributed by atoms with Crippen molar-refractivity contribution >= 4 is 27.6 Å². The molecule has 0 aliphatic rings. The SMILES string of the molecule is O=C(O)c1cc(NS(=O)(=O)c2ccc(C(=O)NCC(F)(F)F)cc2)cc(C(F)(F)F)c1. The number of halogens is 6. The number of carboxylic acids is 1. The first-order valence-electron chi connectivity index (χ1n) is 8.02. The van der Waals surface area contributed by atoms with Crippen LogP contribution in [0, 0.1) is 0 Å². The van der Waals surface area contributed by atoms with Gasteiger partial charge in [-0.25, -0.2) is 13.2 Å². The molecule has 0 fully saturated rings. The number of rotatable bonds is 6. The molecular weight excluding hydrogens is 458 g/mol. The fourth-order valence-electron chi connectivity index (χ4n) is 2.26. The molecule has 0 heterocycles. The number of amides is 1. The van der Waals surface area contributed by atoms with Crippen molar-refractivity contribution < 1.29 is 49.5 Å². The van der Waals surface area contributed by atoms with Gasteiger partial charge in [0.05, 0.1) is 21.7 Å². The molecule has 0 aliphatic heterocycles. The number of nitrogens with one attached hydrogen (secondary N) is 2. The lowest BCUT2D eigenvalue weighted by molar-refractivity contribution is -0.137. The molecule has 0 saturated carbocycles. The molecule has 7 nitrogen and oxygen atoms in total. The number of aromatic carboxylic acids is 1. The van der Waals surface area contributed by atoms with Crippen molar-refractivity contribution in [3.05, 3.63) is 59.2 Å². The van der Waals surface area contributed by atoms with E-state index in [1.165, 1.54) is 0 Å². The van der Waals surface area contributed by atoms with Gasteiger partial charge in [-0.3, -0.25) is 9.52 Å². The van der Waals surface area contributed by atoms with Crippen molar-refractivity contribution in [3.8, 4) is 0 Å². The van der Waals surface area contributed by atoms with Crippen LogP contribution in [-0.4, -0.2) is 38.1 Å². The van der Waals surface area contributed by atoms with Crippen molar-refractivity contribution in [3.63, 3.8) is 0 Å². The fraction of sp³-hybridized carbons (Fsp3) is 0.176. The molecule has 0 unspecified atom stereocenters. The van der Waals surface area contributed by atoms with E-state index in [0.717, 1.165) is 24.3 Å². The van der Waals surface area contributed by atoms with E-state index in [1.807, 2.05) is 0 Å². The predicted octanol–water partition coefficient (Wildman–Crippen LogP) is 3.50. The summed E-state index contributed by atoms with van der Waals surface area (Å²) in [5.74, 6) is -2.85. The van der Waals surface area contributed by atoms with Crippen molar-refractivity contribution in [2.75, 3.05) is 11.3 Å². The summed E-state index contributed by atoms with van der Waals surface area (Å²) in [7, 11) is -4.52. The molecule has 2 aromatic rings. The fourth-order valence-corrected chi connectivity index (χ4v) is 3.30. The monoisotopic (exact) mass is 470 g/mol. The molecule has 0 aromatic heterocycles. The standard InChI is InChI=1S/C17H12F6N2O5S/c18-16(19,20)8-24-14(26)9-1-3-13(4-2-9)31(29,30)25-12-6-10(15(27)28)5-11(7-12)17(21,22)23/h1-7,25H,8H2,(H,24,26)(H,27,28). The van der Waals surface area contributed by atoms with Crippen LogP contribution < -0.4 is 10.0 Å². The number of benzene rings is 2. The van der Waals surface area contributed by atoms with E-state index in [4.69, 9.17) is 5.11 Å². The Kier molecular flexibility index (Phi) is 6.54. The van der Waals surface area contributed by atoms with Crippen LogP contribution in [0.2, 0.25) is 0 Å². The van der Waals surface area contributed by atoms with Crippen molar-refractivity contribution in [1.29, 1.82) is 0 Å². The zero-order valence-corrected chi connectivity index (χ0v) is 15.8. The molecule has 168 valence electrons. The van der Waals surface area contributed by atoms with Crippen LogP contribution in [0.25, 0.3) is 0 Å². The molecule has 31 heavy (non-hydrogen) atoms. The van der Waals surface area contributed by atoms with Crippen LogP contribution in [0.3, 0.4) is 0 Å². The number of carbonyl (C=O) groups is 2. The second kappa shape index (κ2) is 8.45. The van der Waals surface area contributed by atoms with Crippen molar-refractivity contribution in [1.82, 2.24) is 5.32 Å². The van der Waals surface area contributed by atoms with Gasteiger partial charge in [-0.1, -0.05) is 0 Å². The zero-order chi connectivity index (χ0) is 23.6. The Morgan fingerprint density at radius 1 is 0.903 bits per heavy atom. The highest BCUT2D eigenvalue weighted by Crippen LogP contribution is 2.32. The van der Waals surface area contributed by atoms with E-state index < -0.39 is 62.5 Å². The first-order chi connectivity index (χ1) is 14.1. The third-order valence-electron chi connectivity index (χ3n) is 3.64. The maximum absolute atomic E-state index is 12.9. The summed E-state index contributed by atoms with van der Waals surface area (Å²) in [6.45, 7) is -1.60. The topological polar surface area (TPSA) is 113 Å². The number of sulfonamides is 1. The first-order valence-corrected chi connectivity index (χ1v) is 9.50. The maximum Gasteiger partial charge on any atom is 0.416 e. The average Bonchev–Trinajstić information content (AvgIpc) is 2.64. The van der Waals surface area contributed by atoms with Gasteiger partial charge < -0.3 is 10.4 Å². The van der Waals surface area contributed by atoms with Crippen LogP contribution in [0.4, 0.5) is 32.0 Å². The van der Waals surface area contributed by atoms with E-state index in [1.54, 1.807) is 10.0 Å². The molecule has 0 radical (unpaired) electrons. The zero-order valence-electron chi connectivity index (χ0n) is 15.0. The average molecular weight is 470 g/mol. The highest BCUT2D eigenvalue weighted by Gasteiger charge is 2.32. The van der Waals surface area contributed by atoms with E-state index >= 15 is 0 Å². The second-order valence-corrected chi connectivity index (χ2v) is 7.71. The van der Waals surface area contributed by atoms with Crippen LogP contribution in [0.1, 0.15) is 26.3 Å². The smallest absolute Gasteiger partial charge is 0.416 e. The lowest BCUT2D eigenvalue weighted by Crippen LogP contribution is -2.33. The number of alkyl halides is 6. The molecule has 0 saturated heterocycles. The lowest BCUT2D eigenvalue weighted by atomic mass is 10.1. The summed E-state index contributed by atoms with van der Waals surface area (Å²) >= 11 is 0. The van der Waals surface area contributed by atoms with Gasteiger partial charge in [0.25, 0.3) is 15.9 Å². The van der Waals surface area contributed by atoms with Gasteiger partial charge in [-0.2, -0.15) is 26.3 Å². The molecule has 3 N–H and O–H groups in total. The molecular formula is C17H12F6N2O5S. The molecule has 0 atom stereocenters. The van der Waals surface area contributed by atoms with Crippen molar-refractivity contribution in [2.24, 2.45) is 0 Å². The summed E-state index contributed by atoms with van der Waals surface area (Å²) in [6.07, 6.45) is -9.60. The minimum Gasteiger partial charge on any atom is -0.478 e.